The number of aromatic nitrogens is 2. The van der Waals surface area contributed by atoms with E-state index in [0.717, 1.165) is 19.4 Å². The molecular formula is C12H20N4O. The maximum Gasteiger partial charge on any atom is 0.272 e. The number of carbonyl (C=O) groups excluding carboxylic acids is 1. The maximum absolute atomic E-state index is 12.4. The van der Waals surface area contributed by atoms with Gasteiger partial charge in [-0.3, -0.25) is 9.48 Å². The van der Waals surface area contributed by atoms with Crippen LogP contribution in [0.3, 0.4) is 0 Å². The first kappa shape index (κ1) is 12.1. The van der Waals surface area contributed by atoms with Crippen molar-refractivity contribution in [2.75, 3.05) is 13.1 Å². The summed E-state index contributed by atoms with van der Waals surface area (Å²) in [6.07, 6.45) is 3.86. The fourth-order valence-corrected chi connectivity index (χ4v) is 2.59. The van der Waals surface area contributed by atoms with Crippen LogP contribution < -0.4 is 5.73 Å². The van der Waals surface area contributed by atoms with E-state index in [9.17, 15) is 4.79 Å². The van der Waals surface area contributed by atoms with Crippen molar-refractivity contribution in [3.63, 3.8) is 0 Å². The second-order valence-corrected chi connectivity index (χ2v) is 4.76. The fourth-order valence-electron chi connectivity index (χ4n) is 2.59. The van der Waals surface area contributed by atoms with E-state index in [2.05, 4.69) is 12.0 Å². The number of aryl methyl sites for hydroxylation is 1. The summed E-state index contributed by atoms with van der Waals surface area (Å²) < 4.78 is 1.62. The van der Waals surface area contributed by atoms with Gasteiger partial charge in [0, 0.05) is 32.4 Å². The molecule has 0 unspecified atom stereocenters. The third kappa shape index (κ3) is 2.20. The molecule has 2 rings (SSSR count). The van der Waals surface area contributed by atoms with Gasteiger partial charge < -0.3 is 10.6 Å². The molecule has 1 fully saturated rings. The molecule has 2 N–H and O–H groups in total. The molecule has 1 aromatic rings. The van der Waals surface area contributed by atoms with Crippen LogP contribution in [0.2, 0.25) is 0 Å². The van der Waals surface area contributed by atoms with Crippen LogP contribution in [0.5, 0.6) is 0 Å². The van der Waals surface area contributed by atoms with E-state index in [1.54, 1.807) is 24.0 Å². The topological polar surface area (TPSA) is 64.2 Å². The molecule has 17 heavy (non-hydrogen) atoms. The highest BCUT2D eigenvalue weighted by Gasteiger charge is 2.32. The molecule has 1 saturated heterocycles. The number of likely N-dealkylation sites (tertiary alicyclic amines) is 1. The Morgan fingerprint density at radius 2 is 2.41 bits per heavy atom. The van der Waals surface area contributed by atoms with E-state index in [1.807, 2.05) is 4.90 Å². The van der Waals surface area contributed by atoms with E-state index >= 15 is 0 Å². The number of hydrogen-bond donors (Lipinski definition) is 1. The lowest BCUT2D eigenvalue weighted by molar-refractivity contribution is 0.0521. The summed E-state index contributed by atoms with van der Waals surface area (Å²) in [4.78, 5) is 14.3. The first-order valence-electron chi connectivity index (χ1n) is 6.14. The van der Waals surface area contributed by atoms with Crippen molar-refractivity contribution >= 4 is 5.91 Å². The average Bonchev–Trinajstić information content (AvgIpc) is 2.74. The Morgan fingerprint density at radius 3 is 3.00 bits per heavy atom. The van der Waals surface area contributed by atoms with Crippen LogP contribution >= 0.6 is 0 Å². The zero-order valence-corrected chi connectivity index (χ0v) is 10.5. The molecule has 0 aliphatic carbocycles. The molecule has 5 nitrogen and oxygen atoms in total. The van der Waals surface area contributed by atoms with Gasteiger partial charge in [0.2, 0.25) is 0 Å². The minimum Gasteiger partial charge on any atom is -0.333 e. The Kier molecular flexibility index (Phi) is 3.47. The zero-order chi connectivity index (χ0) is 12.4. The summed E-state index contributed by atoms with van der Waals surface area (Å²) in [5.41, 5.74) is 6.43. The molecule has 1 aromatic heterocycles. The van der Waals surface area contributed by atoms with Gasteiger partial charge in [0.15, 0.2) is 0 Å². The van der Waals surface area contributed by atoms with E-state index in [4.69, 9.17) is 5.73 Å². The minimum atomic E-state index is 0.0481. The summed E-state index contributed by atoms with van der Waals surface area (Å²) >= 11 is 0. The van der Waals surface area contributed by atoms with Crippen molar-refractivity contribution in [1.29, 1.82) is 0 Å². The summed E-state index contributed by atoms with van der Waals surface area (Å²) in [6, 6.07) is 1.92. The van der Waals surface area contributed by atoms with E-state index in [-0.39, 0.29) is 11.9 Å². The zero-order valence-electron chi connectivity index (χ0n) is 10.5. The highest BCUT2D eigenvalue weighted by Crippen LogP contribution is 2.24. The molecule has 1 amide bonds. The third-order valence-electron chi connectivity index (χ3n) is 3.66. The van der Waals surface area contributed by atoms with Crippen LogP contribution in [0, 0.1) is 5.92 Å². The number of piperidine rings is 1. The average molecular weight is 236 g/mol. The van der Waals surface area contributed by atoms with Crippen molar-refractivity contribution in [3.05, 3.63) is 18.0 Å². The molecule has 2 heterocycles. The van der Waals surface area contributed by atoms with Crippen molar-refractivity contribution in [3.8, 4) is 0 Å². The summed E-state index contributed by atoms with van der Waals surface area (Å²) in [5, 5.41) is 4.04. The Morgan fingerprint density at radius 1 is 1.65 bits per heavy atom. The van der Waals surface area contributed by atoms with Crippen molar-refractivity contribution < 1.29 is 4.79 Å². The van der Waals surface area contributed by atoms with Gasteiger partial charge in [0.05, 0.1) is 0 Å². The molecule has 0 bridgehead atoms. The van der Waals surface area contributed by atoms with Crippen molar-refractivity contribution in [1.82, 2.24) is 14.7 Å². The molecule has 0 radical (unpaired) electrons. The van der Waals surface area contributed by atoms with Gasteiger partial charge in [-0.05, 0) is 24.8 Å². The first-order chi connectivity index (χ1) is 8.15. The Labute approximate surface area is 102 Å². The summed E-state index contributed by atoms with van der Waals surface area (Å²) in [7, 11) is 1.79. The smallest absolute Gasteiger partial charge is 0.272 e. The second-order valence-electron chi connectivity index (χ2n) is 4.76. The Balaban J connectivity index is 2.21. The van der Waals surface area contributed by atoms with Crippen LogP contribution in [0.4, 0.5) is 0 Å². The molecule has 1 aliphatic heterocycles. The number of amides is 1. The SMILES string of the molecule is C[C@H]1CCCN(C(=O)c2ccnn2C)[C@@H]1CN. The van der Waals surface area contributed by atoms with E-state index < -0.39 is 0 Å². The van der Waals surface area contributed by atoms with Crippen LogP contribution in [-0.2, 0) is 7.05 Å². The molecule has 0 saturated carbocycles. The lowest BCUT2D eigenvalue weighted by Crippen LogP contribution is -2.51. The highest BCUT2D eigenvalue weighted by atomic mass is 16.2. The van der Waals surface area contributed by atoms with Gasteiger partial charge in [-0.1, -0.05) is 6.92 Å². The van der Waals surface area contributed by atoms with Gasteiger partial charge >= 0.3 is 0 Å². The monoisotopic (exact) mass is 236 g/mol. The van der Waals surface area contributed by atoms with Crippen molar-refractivity contribution in [2.45, 2.75) is 25.8 Å². The standard InChI is InChI=1S/C12H20N4O/c1-9-4-3-7-16(11(9)8-13)12(17)10-5-6-14-15(10)2/h5-6,9,11H,3-4,7-8,13H2,1-2H3/t9-,11+/m0/s1. The number of nitrogens with zero attached hydrogens (tertiary/aromatic N) is 3. The lowest BCUT2D eigenvalue weighted by atomic mass is 9.90. The lowest BCUT2D eigenvalue weighted by Gasteiger charge is -2.39. The van der Waals surface area contributed by atoms with E-state index in [1.165, 1.54) is 0 Å². The molecule has 94 valence electrons. The molecular weight excluding hydrogens is 216 g/mol. The number of rotatable bonds is 2. The fraction of sp³-hybridized carbons (Fsp3) is 0.667. The van der Waals surface area contributed by atoms with Gasteiger partial charge in [-0.25, -0.2) is 0 Å². The Hall–Kier alpha value is -1.36. The van der Waals surface area contributed by atoms with Crippen LogP contribution in [0.1, 0.15) is 30.3 Å². The predicted octanol–water partition coefficient (Wildman–Crippen LogP) is 0.620. The number of carbonyl (C=O) groups is 1. The number of nitrogens with two attached hydrogens (primary N) is 1. The summed E-state index contributed by atoms with van der Waals surface area (Å²) in [5.74, 6) is 0.526. The molecule has 2 atom stereocenters. The third-order valence-corrected chi connectivity index (χ3v) is 3.66. The maximum atomic E-state index is 12.4. The van der Waals surface area contributed by atoms with Crippen LogP contribution in [0.25, 0.3) is 0 Å². The predicted molar refractivity (Wildman–Crippen MR) is 65.5 cm³/mol. The van der Waals surface area contributed by atoms with Gasteiger partial charge in [0.1, 0.15) is 5.69 Å². The van der Waals surface area contributed by atoms with E-state index in [0.29, 0.717) is 18.2 Å². The first-order valence-corrected chi connectivity index (χ1v) is 6.14. The van der Waals surface area contributed by atoms with Crippen molar-refractivity contribution in [2.24, 2.45) is 18.7 Å². The quantitative estimate of drug-likeness (QED) is 0.818. The van der Waals surface area contributed by atoms with Gasteiger partial charge in [0.25, 0.3) is 5.91 Å². The molecule has 1 aliphatic rings. The largest absolute Gasteiger partial charge is 0.333 e. The molecule has 0 aromatic carbocycles. The summed E-state index contributed by atoms with van der Waals surface area (Å²) in [6.45, 7) is 3.50. The highest BCUT2D eigenvalue weighted by molar-refractivity contribution is 5.92. The Bertz CT molecular complexity index is 401. The van der Waals surface area contributed by atoms with Gasteiger partial charge in [-0.2, -0.15) is 5.10 Å². The number of hydrogen-bond acceptors (Lipinski definition) is 3. The van der Waals surface area contributed by atoms with Crippen LogP contribution in [0.15, 0.2) is 12.3 Å². The molecule has 5 heteroatoms. The van der Waals surface area contributed by atoms with Gasteiger partial charge in [-0.15, -0.1) is 0 Å². The minimum absolute atomic E-state index is 0.0481. The second kappa shape index (κ2) is 4.87. The van der Waals surface area contributed by atoms with Crippen LogP contribution in [-0.4, -0.2) is 39.7 Å². The molecule has 0 spiro atoms. The normalized spacial score (nSPS) is 25.0.